The summed E-state index contributed by atoms with van der Waals surface area (Å²) in [4.78, 5) is 0. The van der Waals surface area contributed by atoms with Gasteiger partial charge in [-0.05, 0) is 19.3 Å². The van der Waals surface area contributed by atoms with Crippen LogP contribution >= 0.6 is 11.6 Å². The Balaban J connectivity index is 2.55. The zero-order valence-electron chi connectivity index (χ0n) is 10.0. The van der Waals surface area contributed by atoms with Crippen molar-refractivity contribution in [3.63, 3.8) is 0 Å². The smallest absolute Gasteiger partial charge is 0.214 e. The van der Waals surface area contributed by atoms with Crippen molar-refractivity contribution < 1.29 is 17.9 Å². The van der Waals surface area contributed by atoms with Gasteiger partial charge in [-0.1, -0.05) is 0 Å². The maximum atomic E-state index is 12.1. The van der Waals surface area contributed by atoms with Crippen LogP contribution in [0.15, 0.2) is 0 Å². The number of methoxy groups -OCH3 is 1. The maximum Gasteiger partial charge on any atom is 0.214 e. The summed E-state index contributed by atoms with van der Waals surface area (Å²) >= 11 is 5.64. The van der Waals surface area contributed by atoms with Crippen LogP contribution in [-0.4, -0.2) is 52.5 Å². The van der Waals surface area contributed by atoms with E-state index in [1.807, 2.05) is 0 Å². The van der Waals surface area contributed by atoms with E-state index in [9.17, 15) is 8.42 Å². The standard InChI is InChI=1S/C10H20ClNO4S/c1-15-8-9(2-5-11)12-17(13,14)10-3-6-16-7-4-10/h9-10,12H,2-8H2,1H3. The molecule has 0 radical (unpaired) electrons. The van der Waals surface area contributed by atoms with Crippen LogP contribution in [0.25, 0.3) is 0 Å². The lowest BCUT2D eigenvalue weighted by molar-refractivity contribution is 0.0978. The van der Waals surface area contributed by atoms with E-state index in [2.05, 4.69) is 4.72 Å². The molecule has 0 saturated carbocycles. The molecule has 1 atom stereocenters. The average Bonchev–Trinajstić information content (AvgIpc) is 2.30. The van der Waals surface area contributed by atoms with E-state index in [1.165, 1.54) is 0 Å². The average molecular weight is 286 g/mol. The van der Waals surface area contributed by atoms with Crippen LogP contribution in [0, 0.1) is 0 Å². The number of rotatable bonds is 7. The van der Waals surface area contributed by atoms with Crippen LogP contribution in [0.1, 0.15) is 19.3 Å². The number of hydrogen-bond acceptors (Lipinski definition) is 4. The highest BCUT2D eigenvalue weighted by Crippen LogP contribution is 2.15. The summed E-state index contributed by atoms with van der Waals surface area (Å²) in [5, 5.41) is -0.356. The fraction of sp³-hybridized carbons (Fsp3) is 1.00. The van der Waals surface area contributed by atoms with Crippen molar-refractivity contribution in [2.45, 2.75) is 30.6 Å². The Bertz CT molecular complexity index is 297. The summed E-state index contributed by atoms with van der Waals surface area (Å²) in [7, 11) is -1.75. The van der Waals surface area contributed by atoms with Crippen LogP contribution in [0.4, 0.5) is 0 Å². The van der Waals surface area contributed by atoms with Crippen LogP contribution in [0.2, 0.25) is 0 Å². The molecule has 1 unspecified atom stereocenters. The Hall–Kier alpha value is 0.120. The summed E-state index contributed by atoms with van der Waals surface area (Å²) < 4.78 is 37.0. The first-order chi connectivity index (χ1) is 8.10. The van der Waals surface area contributed by atoms with Gasteiger partial charge in [0, 0.05) is 32.2 Å². The SMILES string of the molecule is COCC(CCCl)NS(=O)(=O)C1CCOCC1. The zero-order chi connectivity index (χ0) is 12.7. The van der Waals surface area contributed by atoms with E-state index in [0.717, 1.165) is 0 Å². The van der Waals surface area contributed by atoms with Gasteiger partial charge in [0.25, 0.3) is 0 Å². The van der Waals surface area contributed by atoms with Crippen LogP contribution in [-0.2, 0) is 19.5 Å². The molecule has 0 bridgehead atoms. The van der Waals surface area contributed by atoms with E-state index in [0.29, 0.717) is 45.0 Å². The van der Waals surface area contributed by atoms with Crippen molar-refractivity contribution >= 4 is 21.6 Å². The number of nitrogens with one attached hydrogen (secondary N) is 1. The second-order valence-corrected chi connectivity index (χ2v) is 6.47. The van der Waals surface area contributed by atoms with Crippen molar-refractivity contribution in [1.29, 1.82) is 0 Å². The van der Waals surface area contributed by atoms with Gasteiger partial charge in [-0.3, -0.25) is 0 Å². The molecule has 1 fully saturated rings. The minimum Gasteiger partial charge on any atom is -0.383 e. The molecule has 1 aliphatic rings. The Morgan fingerprint density at radius 2 is 2.12 bits per heavy atom. The highest BCUT2D eigenvalue weighted by molar-refractivity contribution is 7.90. The molecule has 0 spiro atoms. The monoisotopic (exact) mass is 285 g/mol. The molecule has 1 N–H and O–H groups in total. The lowest BCUT2D eigenvalue weighted by Gasteiger charge is -2.25. The summed E-state index contributed by atoms with van der Waals surface area (Å²) in [5.74, 6) is 0.407. The highest BCUT2D eigenvalue weighted by atomic mass is 35.5. The molecule has 1 heterocycles. The van der Waals surface area contributed by atoms with E-state index in [4.69, 9.17) is 21.1 Å². The largest absolute Gasteiger partial charge is 0.383 e. The molecule has 0 aliphatic carbocycles. The van der Waals surface area contributed by atoms with Gasteiger partial charge in [0.1, 0.15) is 0 Å². The van der Waals surface area contributed by atoms with E-state index < -0.39 is 10.0 Å². The lowest BCUT2D eigenvalue weighted by Crippen LogP contribution is -2.45. The lowest BCUT2D eigenvalue weighted by atomic mass is 10.2. The second kappa shape index (κ2) is 7.53. The third-order valence-electron chi connectivity index (χ3n) is 2.76. The Kier molecular flexibility index (Phi) is 6.72. The molecular formula is C10H20ClNO4S. The van der Waals surface area contributed by atoms with Gasteiger partial charge in [0.2, 0.25) is 10.0 Å². The Labute approximate surface area is 108 Å². The molecule has 17 heavy (non-hydrogen) atoms. The number of alkyl halides is 1. The minimum absolute atomic E-state index is 0.245. The normalized spacial score (nSPS) is 20.4. The third-order valence-corrected chi connectivity index (χ3v) is 4.99. The number of hydrogen-bond donors (Lipinski definition) is 1. The number of ether oxygens (including phenoxy) is 2. The van der Waals surface area contributed by atoms with Crippen molar-refractivity contribution in [3.8, 4) is 0 Å². The molecule has 0 aromatic carbocycles. The Morgan fingerprint density at radius 3 is 2.65 bits per heavy atom. The molecule has 7 heteroatoms. The molecule has 0 aromatic heterocycles. The van der Waals surface area contributed by atoms with Gasteiger partial charge in [-0.15, -0.1) is 11.6 Å². The molecule has 1 saturated heterocycles. The van der Waals surface area contributed by atoms with Crippen LogP contribution in [0.3, 0.4) is 0 Å². The van der Waals surface area contributed by atoms with Gasteiger partial charge < -0.3 is 9.47 Å². The summed E-state index contributed by atoms with van der Waals surface area (Å²) in [6.45, 7) is 1.36. The Morgan fingerprint density at radius 1 is 1.47 bits per heavy atom. The van der Waals surface area contributed by atoms with Gasteiger partial charge >= 0.3 is 0 Å². The van der Waals surface area contributed by atoms with Crippen molar-refractivity contribution in [3.05, 3.63) is 0 Å². The zero-order valence-corrected chi connectivity index (χ0v) is 11.6. The van der Waals surface area contributed by atoms with Crippen molar-refractivity contribution in [1.82, 2.24) is 4.72 Å². The highest BCUT2D eigenvalue weighted by Gasteiger charge is 2.29. The third kappa shape index (κ3) is 5.09. The van der Waals surface area contributed by atoms with Gasteiger partial charge in [0.05, 0.1) is 11.9 Å². The number of halogens is 1. The first-order valence-electron chi connectivity index (χ1n) is 5.74. The predicted octanol–water partition coefficient (Wildman–Crippen LogP) is 0.729. The molecule has 5 nitrogen and oxygen atoms in total. The fourth-order valence-electron chi connectivity index (χ4n) is 1.82. The van der Waals surface area contributed by atoms with Crippen LogP contribution in [0.5, 0.6) is 0 Å². The molecule has 0 aromatic rings. The van der Waals surface area contributed by atoms with Gasteiger partial charge in [-0.2, -0.15) is 0 Å². The first kappa shape index (κ1) is 15.2. The minimum atomic E-state index is -3.30. The molecule has 0 amide bonds. The van der Waals surface area contributed by atoms with Crippen molar-refractivity contribution in [2.75, 3.05) is 32.8 Å². The first-order valence-corrected chi connectivity index (χ1v) is 7.82. The van der Waals surface area contributed by atoms with E-state index in [1.54, 1.807) is 7.11 Å². The maximum absolute atomic E-state index is 12.1. The molecule has 102 valence electrons. The van der Waals surface area contributed by atoms with Gasteiger partial charge in [-0.25, -0.2) is 13.1 Å². The predicted molar refractivity (Wildman–Crippen MR) is 66.9 cm³/mol. The fourth-order valence-corrected chi connectivity index (χ4v) is 3.74. The molecular weight excluding hydrogens is 266 g/mol. The molecule has 1 aliphatic heterocycles. The van der Waals surface area contributed by atoms with E-state index in [-0.39, 0.29) is 11.3 Å². The van der Waals surface area contributed by atoms with Crippen LogP contribution < -0.4 is 4.72 Å². The quantitative estimate of drug-likeness (QED) is 0.701. The number of sulfonamides is 1. The van der Waals surface area contributed by atoms with Gasteiger partial charge in [0.15, 0.2) is 0 Å². The topological polar surface area (TPSA) is 64.6 Å². The summed E-state index contributed by atoms with van der Waals surface area (Å²) in [5.41, 5.74) is 0. The van der Waals surface area contributed by atoms with Crippen molar-refractivity contribution in [2.24, 2.45) is 0 Å². The molecule has 1 rings (SSSR count). The summed E-state index contributed by atoms with van der Waals surface area (Å²) in [6, 6.07) is -0.245. The summed E-state index contributed by atoms with van der Waals surface area (Å²) in [6.07, 6.45) is 1.67. The van der Waals surface area contributed by atoms with E-state index >= 15 is 0 Å². The second-order valence-electron chi connectivity index (χ2n) is 4.10.